The number of halogens is 4. The Labute approximate surface area is 141 Å². The number of hydrogen-bond acceptors (Lipinski definition) is 4. The molecule has 0 aliphatic heterocycles. The predicted molar refractivity (Wildman–Crippen MR) is 85.6 cm³/mol. The predicted octanol–water partition coefficient (Wildman–Crippen LogP) is 3.09. The third kappa shape index (κ3) is 5.49. The Balaban J connectivity index is 0.00000264. The van der Waals surface area contributed by atoms with E-state index < -0.39 is 11.7 Å². The molecule has 0 saturated heterocycles. The molecule has 0 fully saturated rings. The first-order valence-corrected chi connectivity index (χ1v) is 7.31. The molecule has 0 aliphatic rings. The monoisotopic (exact) mass is 365 g/mol. The van der Waals surface area contributed by atoms with Crippen molar-refractivity contribution < 1.29 is 18.0 Å². The van der Waals surface area contributed by atoms with E-state index in [0.717, 1.165) is 12.1 Å². The molecule has 126 valence electrons. The van der Waals surface area contributed by atoms with Gasteiger partial charge >= 0.3 is 6.18 Å². The normalized spacial score (nSPS) is 11.0. The lowest BCUT2D eigenvalue weighted by Crippen LogP contribution is -2.31. The smallest absolute Gasteiger partial charge is 0.349 e. The fourth-order valence-electron chi connectivity index (χ4n) is 1.73. The Morgan fingerprint density at radius 1 is 1.26 bits per heavy atom. The first-order valence-electron chi connectivity index (χ1n) is 6.43. The summed E-state index contributed by atoms with van der Waals surface area (Å²) in [5.74, 6) is -0.147. The Bertz CT molecular complexity index is 643. The van der Waals surface area contributed by atoms with Crippen molar-refractivity contribution in [2.75, 3.05) is 13.6 Å². The molecule has 0 bridgehead atoms. The Morgan fingerprint density at radius 3 is 2.48 bits per heavy atom. The molecule has 0 unspecified atom stereocenters. The van der Waals surface area contributed by atoms with Gasteiger partial charge in [-0.25, -0.2) is 4.98 Å². The summed E-state index contributed by atoms with van der Waals surface area (Å²) >= 11 is 1.32. The lowest BCUT2D eigenvalue weighted by molar-refractivity contribution is -0.137. The summed E-state index contributed by atoms with van der Waals surface area (Å²) in [7, 11) is 1.67. The van der Waals surface area contributed by atoms with Crippen molar-refractivity contribution in [3.63, 3.8) is 0 Å². The van der Waals surface area contributed by atoms with Gasteiger partial charge in [0.2, 0.25) is 5.91 Å². The number of amides is 1. The zero-order valence-corrected chi connectivity index (χ0v) is 13.7. The van der Waals surface area contributed by atoms with E-state index in [2.05, 4.69) is 15.6 Å². The summed E-state index contributed by atoms with van der Waals surface area (Å²) in [6, 6.07) is 4.85. The molecule has 2 aromatic rings. The molecule has 9 heteroatoms. The van der Waals surface area contributed by atoms with Gasteiger partial charge in [-0.3, -0.25) is 4.79 Å². The standard InChI is InChI=1S/C14H14F3N3OS.ClH/c1-18-7-12(21)19-6-11-8-22-13(20-11)9-2-4-10(5-3-9)14(15,16)17;/h2-5,8,18H,6-7H2,1H3,(H,19,21);1H. The second-order valence-electron chi connectivity index (χ2n) is 4.53. The van der Waals surface area contributed by atoms with Crippen LogP contribution in [0.3, 0.4) is 0 Å². The SMILES string of the molecule is CNCC(=O)NCc1csc(-c2ccc(C(F)(F)F)cc2)n1.Cl. The van der Waals surface area contributed by atoms with Crippen LogP contribution >= 0.6 is 23.7 Å². The van der Waals surface area contributed by atoms with Crippen molar-refractivity contribution in [3.05, 3.63) is 40.9 Å². The number of thiazole rings is 1. The van der Waals surface area contributed by atoms with Gasteiger partial charge in [-0.05, 0) is 19.2 Å². The first kappa shape index (κ1) is 19.4. The summed E-state index contributed by atoms with van der Waals surface area (Å²) in [6.07, 6.45) is -4.34. The van der Waals surface area contributed by atoms with Crippen molar-refractivity contribution in [3.8, 4) is 10.6 Å². The maximum atomic E-state index is 12.5. The highest BCUT2D eigenvalue weighted by Gasteiger charge is 2.30. The zero-order valence-electron chi connectivity index (χ0n) is 12.1. The molecule has 1 heterocycles. The number of aromatic nitrogens is 1. The first-order chi connectivity index (χ1) is 10.4. The molecule has 0 spiro atoms. The third-order valence-corrected chi connectivity index (χ3v) is 3.76. The highest BCUT2D eigenvalue weighted by Crippen LogP contribution is 2.31. The lowest BCUT2D eigenvalue weighted by Gasteiger charge is -2.06. The zero-order chi connectivity index (χ0) is 16.2. The molecule has 1 aromatic carbocycles. The van der Waals surface area contributed by atoms with Crippen LogP contribution < -0.4 is 10.6 Å². The molecule has 4 nitrogen and oxygen atoms in total. The van der Waals surface area contributed by atoms with Crippen LogP contribution in [0, 0.1) is 0 Å². The number of carbonyl (C=O) groups is 1. The average molecular weight is 366 g/mol. The van der Waals surface area contributed by atoms with E-state index in [1.807, 2.05) is 0 Å². The van der Waals surface area contributed by atoms with E-state index in [-0.39, 0.29) is 31.4 Å². The number of likely N-dealkylation sites (N-methyl/N-ethyl adjacent to an activating group) is 1. The quantitative estimate of drug-likeness (QED) is 0.856. The van der Waals surface area contributed by atoms with Gasteiger partial charge < -0.3 is 10.6 Å². The fraction of sp³-hybridized carbons (Fsp3) is 0.286. The summed E-state index contributed by atoms with van der Waals surface area (Å²) in [5, 5.41) is 7.81. The minimum atomic E-state index is -4.34. The summed E-state index contributed by atoms with van der Waals surface area (Å²) in [4.78, 5) is 15.6. The molecule has 0 atom stereocenters. The molecule has 1 aromatic heterocycles. The fourth-order valence-corrected chi connectivity index (χ4v) is 2.56. The molecule has 0 saturated carbocycles. The van der Waals surface area contributed by atoms with Crippen LogP contribution in [0.4, 0.5) is 13.2 Å². The number of nitrogens with one attached hydrogen (secondary N) is 2. The third-order valence-electron chi connectivity index (χ3n) is 2.81. The van der Waals surface area contributed by atoms with Crippen molar-refractivity contribution >= 4 is 29.7 Å². The number of nitrogens with zero attached hydrogens (tertiary/aromatic N) is 1. The van der Waals surface area contributed by atoms with Gasteiger partial charge in [-0.2, -0.15) is 13.2 Å². The topological polar surface area (TPSA) is 54.0 Å². The second-order valence-corrected chi connectivity index (χ2v) is 5.38. The molecular formula is C14H15ClF3N3OS. The summed E-state index contributed by atoms with van der Waals surface area (Å²) in [6.45, 7) is 0.507. The Hall–Kier alpha value is -1.64. The maximum Gasteiger partial charge on any atom is 0.416 e. The molecule has 2 N–H and O–H groups in total. The number of benzene rings is 1. The Morgan fingerprint density at radius 2 is 1.91 bits per heavy atom. The van der Waals surface area contributed by atoms with Crippen molar-refractivity contribution in [2.24, 2.45) is 0 Å². The van der Waals surface area contributed by atoms with Gasteiger partial charge in [0.1, 0.15) is 5.01 Å². The molecular weight excluding hydrogens is 351 g/mol. The van der Waals surface area contributed by atoms with Gasteiger partial charge in [0.05, 0.1) is 24.3 Å². The average Bonchev–Trinajstić information content (AvgIpc) is 2.93. The van der Waals surface area contributed by atoms with Gasteiger partial charge in [-0.15, -0.1) is 23.7 Å². The van der Waals surface area contributed by atoms with Crippen LogP contribution in [-0.2, 0) is 17.5 Å². The van der Waals surface area contributed by atoms with Gasteiger partial charge in [-0.1, -0.05) is 12.1 Å². The summed E-state index contributed by atoms with van der Waals surface area (Å²) in [5.41, 5.74) is 0.600. The van der Waals surface area contributed by atoms with Crippen LogP contribution in [0.15, 0.2) is 29.6 Å². The van der Waals surface area contributed by atoms with E-state index in [9.17, 15) is 18.0 Å². The largest absolute Gasteiger partial charge is 0.416 e. The number of rotatable bonds is 5. The van der Waals surface area contributed by atoms with Gasteiger partial charge in [0.15, 0.2) is 0 Å². The van der Waals surface area contributed by atoms with E-state index >= 15 is 0 Å². The minimum Gasteiger partial charge on any atom is -0.349 e. The maximum absolute atomic E-state index is 12.5. The number of carbonyl (C=O) groups excluding carboxylic acids is 1. The van der Waals surface area contributed by atoms with Crippen LogP contribution in [0.25, 0.3) is 10.6 Å². The van der Waals surface area contributed by atoms with Gasteiger partial charge in [0, 0.05) is 10.9 Å². The molecule has 23 heavy (non-hydrogen) atoms. The van der Waals surface area contributed by atoms with Crippen LogP contribution in [0.2, 0.25) is 0 Å². The number of hydrogen-bond donors (Lipinski definition) is 2. The van der Waals surface area contributed by atoms with Gasteiger partial charge in [0.25, 0.3) is 0 Å². The highest BCUT2D eigenvalue weighted by atomic mass is 35.5. The second kappa shape index (κ2) is 8.28. The highest BCUT2D eigenvalue weighted by molar-refractivity contribution is 7.13. The van der Waals surface area contributed by atoms with Crippen LogP contribution in [-0.4, -0.2) is 24.5 Å². The van der Waals surface area contributed by atoms with E-state index in [1.165, 1.54) is 23.5 Å². The minimum absolute atomic E-state index is 0. The molecule has 2 rings (SSSR count). The van der Waals surface area contributed by atoms with Crippen molar-refractivity contribution in [1.82, 2.24) is 15.6 Å². The molecule has 0 aliphatic carbocycles. The molecule has 0 radical (unpaired) electrons. The summed E-state index contributed by atoms with van der Waals surface area (Å²) < 4.78 is 37.5. The lowest BCUT2D eigenvalue weighted by atomic mass is 10.1. The molecule has 1 amide bonds. The van der Waals surface area contributed by atoms with E-state index in [1.54, 1.807) is 12.4 Å². The van der Waals surface area contributed by atoms with Crippen LogP contribution in [0.5, 0.6) is 0 Å². The van der Waals surface area contributed by atoms with E-state index in [0.29, 0.717) is 16.3 Å². The Kier molecular flexibility index (Phi) is 6.99. The van der Waals surface area contributed by atoms with Crippen LogP contribution in [0.1, 0.15) is 11.3 Å². The van der Waals surface area contributed by atoms with E-state index in [4.69, 9.17) is 0 Å². The van der Waals surface area contributed by atoms with Crippen molar-refractivity contribution in [2.45, 2.75) is 12.7 Å². The number of alkyl halides is 3. The van der Waals surface area contributed by atoms with Crippen molar-refractivity contribution in [1.29, 1.82) is 0 Å².